The van der Waals surface area contributed by atoms with Crippen LogP contribution in [-0.4, -0.2) is 63.5 Å². The summed E-state index contributed by atoms with van der Waals surface area (Å²) >= 11 is 0. The largest absolute Gasteiger partial charge is 0.406 e. The van der Waals surface area contributed by atoms with Gasteiger partial charge in [-0.15, -0.1) is 0 Å². The lowest BCUT2D eigenvalue weighted by Gasteiger charge is -2.34. The molecular weight excluding hydrogens is 332 g/mol. The number of nitro groups is 1. The first-order chi connectivity index (χ1) is 12.6. The molecule has 1 aliphatic rings. The molecule has 0 unspecified atom stereocenters. The lowest BCUT2D eigenvalue weighted by atomic mass is 10.2. The van der Waals surface area contributed by atoms with Gasteiger partial charge in [-0.25, -0.2) is 0 Å². The Kier molecular flexibility index (Phi) is 6.19. The smallest absolute Gasteiger partial charge is 0.364 e. The van der Waals surface area contributed by atoms with Gasteiger partial charge < -0.3 is 20.3 Å². The molecule has 1 N–H and O–H groups in total. The van der Waals surface area contributed by atoms with Crippen molar-refractivity contribution in [3.05, 3.63) is 52.3 Å². The van der Waals surface area contributed by atoms with Crippen LogP contribution in [0.15, 0.2) is 36.7 Å². The minimum absolute atomic E-state index is 0.109. The molecule has 0 aliphatic carbocycles. The summed E-state index contributed by atoms with van der Waals surface area (Å²) in [5.74, 6) is 0.365. The summed E-state index contributed by atoms with van der Waals surface area (Å²) in [4.78, 5) is 19.3. The number of aromatic nitrogens is 2. The van der Waals surface area contributed by atoms with Crippen LogP contribution in [0.1, 0.15) is 12.0 Å². The fraction of sp³-hybridized carbons (Fsp3) is 0.500. The first-order valence-electron chi connectivity index (χ1n) is 9.01. The molecule has 0 amide bonds. The van der Waals surface area contributed by atoms with E-state index in [4.69, 9.17) is 0 Å². The average molecular weight is 358 g/mol. The number of hydrogen-bond donors (Lipinski definition) is 1. The number of benzene rings is 1. The van der Waals surface area contributed by atoms with E-state index in [1.54, 1.807) is 11.6 Å². The summed E-state index contributed by atoms with van der Waals surface area (Å²) in [5.41, 5.74) is 1.36. The van der Waals surface area contributed by atoms with Gasteiger partial charge in [-0.3, -0.25) is 9.47 Å². The second-order valence-electron chi connectivity index (χ2n) is 6.67. The number of piperazine rings is 1. The highest BCUT2D eigenvalue weighted by Crippen LogP contribution is 2.20. The molecule has 0 atom stereocenters. The van der Waals surface area contributed by atoms with Gasteiger partial charge >= 0.3 is 5.82 Å². The first-order valence-corrected chi connectivity index (χ1v) is 9.01. The Morgan fingerprint density at radius 2 is 1.85 bits per heavy atom. The van der Waals surface area contributed by atoms with E-state index < -0.39 is 4.92 Å². The monoisotopic (exact) mass is 358 g/mol. The summed E-state index contributed by atoms with van der Waals surface area (Å²) in [5, 5.41) is 14.1. The third-order valence-corrected chi connectivity index (χ3v) is 4.75. The Labute approximate surface area is 153 Å². The Bertz CT molecular complexity index is 710. The van der Waals surface area contributed by atoms with Gasteiger partial charge in [-0.1, -0.05) is 30.3 Å². The molecule has 1 aromatic heterocycles. The highest BCUT2D eigenvalue weighted by atomic mass is 16.6. The summed E-state index contributed by atoms with van der Waals surface area (Å²) in [7, 11) is 1.76. The van der Waals surface area contributed by atoms with Crippen LogP contribution in [0.4, 0.5) is 11.6 Å². The van der Waals surface area contributed by atoms with Crippen LogP contribution < -0.4 is 5.32 Å². The van der Waals surface area contributed by atoms with Crippen molar-refractivity contribution in [2.24, 2.45) is 7.05 Å². The molecule has 8 nitrogen and oxygen atoms in total. The molecule has 2 aromatic rings. The average Bonchev–Trinajstić information content (AvgIpc) is 3.02. The first kappa shape index (κ1) is 18.3. The Morgan fingerprint density at radius 3 is 2.54 bits per heavy atom. The van der Waals surface area contributed by atoms with Gasteiger partial charge in [0.15, 0.2) is 0 Å². The molecule has 3 rings (SSSR count). The van der Waals surface area contributed by atoms with Gasteiger partial charge in [0.2, 0.25) is 12.1 Å². The zero-order valence-corrected chi connectivity index (χ0v) is 15.2. The number of rotatable bonds is 8. The van der Waals surface area contributed by atoms with Crippen LogP contribution in [0.3, 0.4) is 0 Å². The molecule has 1 saturated heterocycles. The SMILES string of the molecule is Cn1cnc([N+](=O)[O-])c1NCCCN1CCN(Cc2ccccc2)CC1. The van der Waals surface area contributed by atoms with Crippen molar-refractivity contribution < 1.29 is 4.92 Å². The Hall–Kier alpha value is -2.45. The molecular formula is C18H26N6O2. The Balaban J connectivity index is 1.36. The molecule has 1 fully saturated rings. The van der Waals surface area contributed by atoms with E-state index >= 15 is 0 Å². The Morgan fingerprint density at radius 1 is 1.15 bits per heavy atom. The maximum atomic E-state index is 11.0. The van der Waals surface area contributed by atoms with Gasteiger partial charge in [0.25, 0.3) is 0 Å². The highest BCUT2D eigenvalue weighted by molar-refractivity contribution is 5.51. The second kappa shape index (κ2) is 8.77. The number of imidazole rings is 1. The van der Waals surface area contributed by atoms with Crippen LogP contribution in [0.5, 0.6) is 0 Å². The molecule has 0 saturated carbocycles. The minimum Gasteiger partial charge on any atom is -0.364 e. The zero-order chi connectivity index (χ0) is 18.4. The molecule has 0 spiro atoms. The van der Waals surface area contributed by atoms with Gasteiger partial charge in [0.1, 0.15) is 0 Å². The quantitative estimate of drug-likeness (QED) is 0.441. The zero-order valence-electron chi connectivity index (χ0n) is 15.2. The van der Waals surface area contributed by atoms with Crippen molar-refractivity contribution in [2.75, 3.05) is 44.6 Å². The van der Waals surface area contributed by atoms with Crippen LogP contribution in [0.25, 0.3) is 0 Å². The molecule has 2 heterocycles. The molecule has 26 heavy (non-hydrogen) atoms. The van der Waals surface area contributed by atoms with Gasteiger partial charge in [-0.2, -0.15) is 0 Å². The van der Waals surface area contributed by atoms with E-state index in [1.165, 1.54) is 11.9 Å². The lowest BCUT2D eigenvalue weighted by molar-refractivity contribution is -0.388. The summed E-state index contributed by atoms with van der Waals surface area (Å²) in [6.07, 6.45) is 2.41. The van der Waals surface area contributed by atoms with Gasteiger partial charge in [0.05, 0.1) is 0 Å². The van der Waals surface area contributed by atoms with E-state index in [2.05, 4.69) is 50.4 Å². The summed E-state index contributed by atoms with van der Waals surface area (Å²) in [6, 6.07) is 10.6. The minimum atomic E-state index is -0.450. The van der Waals surface area contributed by atoms with Crippen molar-refractivity contribution in [3.63, 3.8) is 0 Å². The predicted molar refractivity (Wildman–Crippen MR) is 101 cm³/mol. The number of nitrogens with zero attached hydrogens (tertiary/aromatic N) is 5. The fourth-order valence-corrected chi connectivity index (χ4v) is 3.28. The van der Waals surface area contributed by atoms with Crippen molar-refractivity contribution >= 4 is 11.6 Å². The van der Waals surface area contributed by atoms with Crippen LogP contribution in [0.2, 0.25) is 0 Å². The normalized spacial score (nSPS) is 15.9. The third-order valence-electron chi connectivity index (χ3n) is 4.75. The maximum Gasteiger partial charge on any atom is 0.406 e. The molecule has 1 aromatic carbocycles. The van der Waals surface area contributed by atoms with E-state index in [1.807, 2.05) is 0 Å². The number of aryl methyl sites for hydroxylation is 1. The predicted octanol–water partition coefficient (Wildman–Crippen LogP) is 1.95. The maximum absolute atomic E-state index is 11.0. The van der Waals surface area contributed by atoms with Gasteiger partial charge in [-0.05, 0) is 28.4 Å². The lowest BCUT2D eigenvalue weighted by Crippen LogP contribution is -2.46. The van der Waals surface area contributed by atoms with Crippen molar-refractivity contribution in [1.29, 1.82) is 0 Å². The van der Waals surface area contributed by atoms with E-state index in [0.717, 1.165) is 45.7 Å². The van der Waals surface area contributed by atoms with Crippen molar-refractivity contribution in [2.45, 2.75) is 13.0 Å². The van der Waals surface area contributed by atoms with Crippen LogP contribution >= 0.6 is 0 Å². The van der Waals surface area contributed by atoms with Crippen molar-refractivity contribution in [1.82, 2.24) is 19.4 Å². The summed E-state index contributed by atoms with van der Waals surface area (Å²) < 4.78 is 1.65. The number of hydrogen-bond acceptors (Lipinski definition) is 6. The molecule has 1 aliphatic heterocycles. The molecule has 0 bridgehead atoms. The van der Waals surface area contributed by atoms with Crippen LogP contribution in [-0.2, 0) is 13.6 Å². The topological polar surface area (TPSA) is 79.5 Å². The highest BCUT2D eigenvalue weighted by Gasteiger charge is 2.20. The van der Waals surface area contributed by atoms with Crippen LogP contribution in [0, 0.1) is 10.1 Å². The van der Waals surface area contributed by atoms with E-state index in [0.29, 0.717) is 12.4 Å². The molecule has 140 valence electrons. The standard InChI is InChI=1S/C18H26N6O2/c1-21-15-20-18(24(25)26)17(21)19-8-5-9-22-10-12-23(13-11-22)14-16-6-3-2-4-7-16/h2-4,6-7,15,19H,5,8-14H2,1H3. The van der Waals surface area contributed by atoms with E-state index in [-0.39, 0.29) is 5.82 Å². The molecule has 8 heteroatoms. The summed E-state index contributed by atoms with van der Waals surface area (Å²) in [6.45, 7) is 7.01. The third kappa shape index (κ3) is 4.80. The van der Waals surface area contributed by atoms with E-state index in [9.17, 15) is 10.1 Å². The second-order valence-corrected chi connectivity index (χ2v) is 6.67. The van der Waals surface area contributed by atoms with Gasteiger partial charge in [0, 0.05) is 46.3 Å². The molecule has 0 radical (unpaired) electrons. The number of anilines is 1. The fourth-order valence-electron chi connectivity index (χ4n) is 3.28. The van der Waals surface area contributed by atoms with Crippen molar-refractivity contribution in [3.8, 4) is 0 Å². The number of nitrogens with one attached hydrogen (secondary N) is 1.